The van der Waals surface area contributed by atoms with E-state index in [1.54, 1.807) is 19.1 Å². The zero-order valence-electron chi connectivity index (χ0n) is 17.9. The number of halogens is 1. The molecule has 1 aliphatic rings. The molecule has 1 N–H and O–H groups in total. The molecule has 2 heterocycles. The molecule has 31 heavy (non-hydrogen) atoms. The predicted molar refractivity (Wildman–Crippen MR) is 113 cm³/mol. The normalized spacial score (nSPS) is 19.1. The second-order valence-electron chi connectivity index (χ2n) is 8.90. The third-order valence-electron chi connectivity index (χ3n) is 5.58. The van der Waals surface area contributed by atoms with E-state index < -0.39 is 11.6 Å². The molecule has 0 aliphatic carbocycles. The van der Waals surface area contributed by atoms with Gasteiger partial charge in [0, 0.05) is 5.56 Å². The molecule has 0 bridgehead atoms. The van der Waals surface area contributed by atoms with Crippen LogP contribution in [-0.4, -0.2) is 21.8 Å². The standard InChI is InChI=1S/C24H24FN3O3/c1-23(2,3)16-7-9-17(10-8-16)24(4)21(29)28(22(30)27-24)14-20-26-13-19(31-20)15-5-11-18(25)12-6-15/h5-13H,14H2,1-4H3,(H,27,30)/t24-/m0/s1. The topological polar surface area (TPSA) is 75.4 Å². The van der Waals surface area contributed by atoms with E-state index in [0.29, 0.717) is 16.9 Å². The Hall–Kier alpha value is -3.48. The Morgan fingerprint density at radius 1 is 1.06 bits per heavy atom. The molecule has 3 amide bonds. The van der Waals surface area contributed by atoms with Gasteiger partial charge >= 0.3 is 6.03 Å². The Bertz CT molecular complexity index is 1130. The number of nitrogens with one attached hydrogen (secondary N) is 1. The number of hydrogen-bond acceptors (Lipinski definition) is 4. The lowest BCUT2D eigenvalue weighted by Crippen LogP contribution is -2.40. The summed E-state index contributed by atoms with van der Waals surface area (Å²) in [7, 11) is 0. The maximum absolute atomic E-state index is 13.2. The molecule has 0 unspecified atom stereocenters. The molecule has 0 radical (unpaired) electrons. The molecule has 2 aromatic carbocycles. The van der Waals surface area contributed by atoms with Crippen LogP contribution in [0.5, 0.6) is 0 Å². The summed E-state index contributed by atoms with van der Waals surface area (Å²) >= 11 is 0. The van der Waals surface area contributed by atoms with Crippen LogP contribution >= 0.6 is 0 Å². The van der Waals surface area contributed by atoms with Crippen molar-refractivity contribution in [1.29, 1.82) is 0 Å². The van der Waals surface area contributed by atoms with E-state index >= 15 is 0 Å². The van der Waals surface area contributed by atoms with Crippen molar-refractivity contribution >= 4 is 11.9 Å². The lowest BCUT2D eigenvalue weighted by Gasteiger charge is -2.24. The highest BCUT2D eigenvalue weighted by molar-refractivity contribution is 6.07. The molecular formula is C24H24FN3O3. The first-order valence-corrected chi connectivity index (χ1v) is 10.0. The van der Waals surface area contributed by atoms with Crippen molar-refractivity contribution < 1.29 is 18.4 Å². The van der Waals surface area contributed by atoms with Gasteiger partial charge in [0.15, 0.2) is 5.76 Å². The predicted octanol–water partition coefficient (Wildman–Crippen LogP) is 4.75. The first-order valence-electron chi connectivity index (χ1n) is 10.0. The zero-order valence-corrected chi connectivity index (χ0v) is 17.9. The monoisotopic (exact) mass is 421 g/mol. The first kappa shape index (κ1) is 20.8. The van der Waals surface area contributed by atoms with Crippen LogP contribution in [0.2, 0.25) is 0 Å². The Kier molecular flexibility index (Phi) is 4.92. The van der Waals surface area contributed by atoms with Crippen LogP contribution in [0.3, 0.4) is 0 Å². The minimum atomic E-state index is -1.17. The van der Waals surface area contributed by atoms with Crippen molar-refractivity contribution in [2.24, 2.45) is 0 Å². The highest BCUT2D eigenvalue weighted by Crippen LogP contribution is 2.32. The minimum absolute atomic E-state index is 0.0123. The molecule has 1 atom stereocenters. The van der Waals surface area contributed by atoms with Crippen LogP contribution in [-0.2, 0) is 22.3 Å². The van der Waals surface area contributed by atoms with Crippen molar-refractivity contribution in [3.8, 4) is 11.3 Å². The van der Waals surface area contributed by atoms with Crippen molar-refractivity contribution in [3.63, 3.8) is 0 Å². The fraction of sp³-hybridized carbons (Fsp3) is 0.292. The van der Waals surface area contributed by atoms with Gasteiger partial charge in [0.2, 0.25) is 5.89 Å². The summed E-state index contributed by atoms with van der Waals surface area (Å²) in [6, 6.07) is 13.0. The summed E-state index contributed by atoms with van der Waals surface area (Å²) in [6.45, 7) is 7.94. The summed E-state index contributed by atoms with van der Waals surface area (Å²) < 4.78 is 18.8. The number of urea groups is 1. The molecule has 3 aromatic rings. The number of carbonyl (C=O) groups is 2. The molecular weight excluding hydrogens is 397 g/mol. The van der Waals surface area contributed by atoms with Crippen LogP contribution in [0.1, 0.15) is 44.7 Å². The van der Waals surface area contributed by atoms with Crippen molar-refractivity contribution in [3.05, 3.63) is 77.6 Å². The van der Waals surface area contributed by atoms with Gasteiger partial charge in [-0.05, 0) is 47.7 Å². The summed E-state index contributed by atoms with van der Waals surface area (Å²) in [5.74, 6) is -0.0714. The Morgan fingerprint density at radius 2 is 1.71 bits per heavy atom. The first-order chi connectivity index (χ1) is 14.6. The summed E-state index contributed by atoms with van der Waals surface area (Å²) in [4.78, 5) is 31.0. The van der Waals surface area contributed by atoms with Gasteiger partial charge < -0.3 is 9.73 Å². The molecule has 1 fully saturated rings. The molecule has 160 valence electrons. The maximum Gasteiger partial charge on any atom is 0.325 e. The average molecular weight is 421 g/mol. The van der Waals surface area contributed by atoms with Gasteiger partial charge in [-0.3, -0.25) is 9.69 Å². The number of benzene rings is 2. The van der Waals surface area contributed by atoms with Crippen LogP contribution in [0.25, 0.3) is 11.3 Å². The van der Waals surface area contributed by atoms with Gasteiger partial charge in [0.25, 0.3) is 5.91 Å². The largest absolute Gasteiger partial charge is 0.439 e. The van der Waals surface area contributed by atoms with E-state index in [9.17, 15) is 14.0 Å². The molecule has 4 rings (SSSR count). The minimum Gasteiger partial charge on any atom is -0.439 e. The van der Waals surface area contributed by atoms with Crippen molar-refractivity contribution in [1.82, 2.24) is 15.2 Å². The molecule has 1 saturated heterocycles. The number of aromatic nitrogens is 1. The maximum atomic E-state index is 13.2. The zero-order chi connectivity index (χ0) is 22.4. The average Bonchev–Trinajstić information content (AvgIpc) is 3.27. The highest BCUT2D eigenvalue weighted by atomic mass is 19.1. The smallest absolute Gasteiger partial charge is 0.325 e. The number of carbonyl (C=O) groups excluding carboxylic acids is 2. The van der Waals surface area contributed by atoms with Gasteiger partial charge in [-0.1, -0.05) is 45.0 Å². The van der Waals surface area contributed by atoms with Gasteiger partial charge in [0.1, 0.15) is 17.9 Å². The molecule has 0 saturated carbocycles. The number of oxazole rings is 1. The number of rotatable bonds is 4. The van der Waals surface area contributed by atoms with E-state index in [1.807, 2.05) is 24.3 Å². The fourth-order valence-corrected chi connectivity index (χ4v) is 3.61. The van der Waals surface area contributed by atoms with Crippen LogP contribution in [0.4, 0.5) is 9.18 Å². The number of amides is 3. The van der Waals surface area contributed by atoms with E-state index in [-0.39, 0.29) is 29.6 Å². The van der Waals surface area contributed by atoms with Gasteiger partial charge in [0.05, 0.1) is 6.20 Å². The number of hydrogen-bond donors (Lipinski definition) is 1. The number of nitrogens with zero attached hydrogens (tertiary/aromatic N) is 2. The molecule has 1 aromatic heterocycles. The molecule has 0 spiro atoms. The third kappa shape index (κ3) is 3.83. The molecule has 7 heteroatoms. The van der Waals surface area contributed by atoms with Gasteiger partial charge in [-0.25, -0.2) is 14.2 Å². The fourth-order valence-electron chi connectivity index (χ4n) is 3.61. The summed E-state index contributed by atoms with van der Waals surface area (Å²) in [5.41, 5.74) is 1.32. The van der Waals surface area contributed by atoms with E-state index in [0.717, 1.165) is 10.5 Å². The van der Waals surface area contributed by atoms with Crippen LogP contribution in [0, 0.1) is 5.82 Å². The lowest BCUT2D eigenvalue weighted by atomic mass is 9.84. The Labute approximate surface area is 180 Å². The van der Waals surface area contributed by atoms with E-state index in [2.05, 4.69) is 31.1 Å². The Balaban J connectivity index is 1.54. The van der Waals surface area contributed by atoms with Crippen LogP contribution in [0.15, 0.2) is 59.1 Å². The lowest BCUT2D eigenvalue weighted by molar-refractivity contribution is -0.131. The second kappa shape index (κ2) is 7.34. The Morgan fingerprint density at radius 3 is 2.32 bits per heavy atom. The van der Waals surface area contributed by atoms with Gasteiger partial charge in [-0.15, -0.1) is 0 Å². The van der Waals surface area contributed by atoms with E-state index in [4.69, 9.17) is 4.42 Å². The van der Waals surface area contributed by atoms with E-state index in [1.165, 1.54) is 18.3 Å². The summed E-state index contributed by atoms with van der Waals surface area (Å²) in [6.07, 6.45) is 1.49. The molecule has 6 nitrogen and oxygen atoms in total. The van der Waals surface area contributed by atoms with Crippen molar-refractivity contribution in [2.75, 3.05) is 0 Å². The van der Waals surface area contributed by atoms with Gasteiger partial charge in [-0.2, -0.15) is 0 Å². The summed E-state index contributed by atoms with van der Waals surface area (Å²) in [5, 5.41) is 2.80. The number of imide groups is 1. The quantitative estimate of drug-likeness (QED) is 0.617. The molecule has 1 aliphatic heterocycles. The highest BCUT2D eigenvalue weighted by Gasteiger charge is 2.49. The SMILES string of the molecule is CC(C)(C)c1ccc([C@]2(C)NC(=O)N(Cc3ncc(-c4ccc(F)cc4)o3)C2=O)cc1. The van der Waals surface area contributed by atoms with Crippen molar-refractivity contribution in [2.45, 2.75) is 45.2 Å². The second-order valence-corrected chi connectivity index (χ2v) is 8.90. The third-order valence-corrected chi connectivity index (χ3v) is 5.58. The van der Waals surface area contributed by atoms with Crippen LogP contribution < -0.4 is 5.32 Å².